The molecule has 0 aromatic carbocycles. The van der Waals surface area contributed by atoms with Crippen LogP contribution < -0.4 is 0 Å². The molecule has 72 valence electrons. The maximum absolute atomic E-state index is 11.2. The van der Waals surface area contributed by atoms with Gasteiger partial charge in [0.1, 0.15) is 9.26 Å². The van der Waals surface area contributed by atoms with Crippen LogP contribution in [0.25, 0.3) is 0 Å². The first-order valence-electron chi connectivity index (χ1n) is 4.00. The third kappa shape index (κ3) is 2.43. The van der Waals surface area contributed by atoms with Crippen molar-refractivity contribution in [1.82, 2.24) is 9.78 Å². The van der Waals surface area contributed by atoms with Crippen LogP contribution in [0.15, 0.2) is 6.20 Å². The fourth-order valence-electron chi connectivity index (χ4n) is 0.988. The van der Waals surface area contributed by atoms with Crippen molar-refractivity contribution in [3.05, 3.63) is 15.5 Å². The highest BCUT2D eigenvalue weighted by atomic mass is 127. The van der Waals surface area contributed by atoms with Gasteiger partial charge in [0.25, 0.3) is 0 Å². The van der Waals surface area contributed by atoms with Crippen molar-refractivity contribution < 1.29 is 9.53 Å². The highest BCUT2D eigenvalue weighted by Gasteiger charge is 2.13. The molecule has 0 aliphatic rings. The Morgan fingerprint density at radius 2 is 2.46 bits per heavy atom. The zero-order valence-corrected chi connectivity index (χ0v) is 9.74. The molecule has 0 spiro atoms. The summed E-state index contributed by atoms with van der Waals surface area (Å²) < 4.78 is 7.06. The van der Waals surface area contributed by atoms with E-state index in [0.29, 0.717) is 9.26 Å². The highest BCUT2D eigenvalue weighted by Crippen LogP contribution is 2.11. The number of hydrogen-bond acceptors (Lipinski definition) is 3. The molecule has 5 heteroatoms. The number of esters is 1. The Bertz CT molecular complexity index is 309. The van der Waals surface area contributed by atoms with E-state index in [0.717, 1.165) is 13.0 Å². The van der Waals surface area contributed by atoms with Gasteiger partial charge in [-0.3, -0.25) is 4.68 Å². The summed E-state index contributed by atoms with van der Waals surface area (Å²) in [6, 6.07) is 0. The lowest BCUT2D eigenvalue weighted by atomic mass is 10.4. The predicted octanol–water partition coefficient (Wildman–Crippen LogP) is 1.68. The van der Waals surface area contributed by atoms with Crippen molar-refractivity contribution >= 4 is 28.6 Å². The van der Waals surface area contributed by atoms with Gasteiger partial charge in [0.05, 0.1) is 7.11 Å². The van der Waals surface area contributed by atoms with Gasteiger partial charge in [-0.25, -0.2) is 4.79 Å². The number of methoxy groups -OCH3 is 1. The standard InChI is InChI=1S/C8H11IN2O2/c1-3-4-11-5-6(7(9)10-11)8(12)13-2/h5H,3-4H2,1-2H3. The van der Waals surface area contributed by atoms with Gasteiger partial charge in [0, 0.05) is 12.7 Å². The predicted molar refractivity (Wildman–Crippen MR) is 56.6 cm³/mol. The molecule has 1 heterocycles. The van der Waals surface area contributed by atoms with E-state index in [-0.39, 0.29) is 5.97 Å². The molecule has 0 bridgehead atoms. The van der Waals surface area contributed by atoms with Crippen LogP contribution in [0.5, 0.6) is 0 Å². The largest absolute Gasteiger partial charge is 0.465 e. The molecule has 0 aliphatic carbocycles. The molecule has 0 radical (unpaired) electrons. The smallest absolute Gasteiger partial charge is 0.342 e. The van der Waals surface area contributed by atoms with Crippen molar-refractivity contribution in [1.29, 1.82) is 0 Å². The lowest BCUT2D eigenvalue weighted by molar-refractivity contribution is 0.0599. The molecule has 0 fully saturated rings. The minimum atomic E-state index is -0.327. The van der Waals surface area contributed by atoms with Gasteiger partial charge < -0.3 is 4.74 Å². The normalized spacial score (nSPS) is 10.1. The summed E-state index contributed by atoms with van der Waals surface area (Å²) >= 11 is 2.03. The van der Waals surface area contributed by atoms with Crippen LogP contribution in [-0.4, -0.2) is 22.9 Å². The van der Waals surface area contributed by atoms with Gasteiger partial charge in [0.15, 0.2) is 0 Å². The summed E-state index contributed by atoms with van der Waals surface area (Å²) in [4.78, 5) is 11.2. The number of ether oxygens (including phenoxy) is 1. The SMILES string of the molecule is CCCn1cc(C(=O)OC)c(I)n1. The molecular formula is C8H11IN2O2. The first-order chi connectivity index (χ1) is 6.19. The van der Waals surface area contributed by atoms with Crippen molar-refractivity contribution in [3.63, 3.8) is 0 Å². The fourth-order valence-corrected chi connectivity index (χ4v) is 1.62. The number of carbonyl (C=O) groups is 1. The van der Waals surface area contributed by atoms with Gasteiger partial charge in [0.2, 0.25) is 0 Å². The van der Waals surface area contributed by atoms with E-state index in [1.165, 1.54) is 7.11 Å². The number of halogens is 1. The van der Waals surface area contributed by atoms with Crippen LogP contribution in [0.2, 0.25) is 0 Å². The minimum absolute atomic E-state index is 0.327. The van der Waals surface area contributed by atoms with E-state index in [1.54, 1.807) is 10.9 Å². The third-order valence-electron chi connectivity index (χ3n) is 1.57. The lowest BCUT2D eigenvalue weighted by Crippen LogP contribution is -2.01. The number of aromatic nitrogens is 2. The molecule has 1 rings (SSSR count). The lowest BCUT2D eigenvalue weighted by Gasteiger charge is -1.94. The minimum Gasteiger partial charge on any atom is -0.465 e. The van der Waals surface area contributed by atoms with Gasteiger partial charge in [-0.1, -0.05) is 6.92 Å². The van der Waals surface area contributed by atoms with Crippen LogP contribution in [0.4, 0.5) is 0 Å². The van der Waals surface area contributed by atoms with Gasteiger partial charge in [-0.05, 0) is 29.0 Å². The van der Waals surface area contributed by atoms with Crippen molar-refractivity contribution in [2.24, 2.45) is 0 Å². The Morgan fingerprint density at radius 3 is 3.00 bits per heavy atom. The second-order valence-corrected chi connectivity index (χ2v) is 3.61. The number of hydrogen-bond donors (Lipinski definition) is 0. The van der Waals surface area contributed by atoms with E-state index in [1.807, 2.05) is 22.6 Å². The average molecular weight is 294 g/mol. The summed E-state index contributed by atoms with van der Waals surface area (Å²) in [7, 11) is 1.37. The molecular weight excluding hydrogens is 283 g/mol. The van der Waals surface area contributed by atoms with Crippen molar-refractivity contribution in [2.75, 3.05) is 7.11 Å². The summed E-state index contributed by atoms with van der Waals surface area (Å²) in [5, 5.41) is 4.17. The third-order valence-corrected chi connectivity index (χ3v) is 2.37. The molecule has 1 aromatic rings. The summed E-state index contributed by atoms with van der Waals surface area (Å²) in [6.45, 7) is 2.89. The number of aryl methyl sites for hydroxylation is 1. The molecule has 0 saturated heterocycles. The zero-order valence-electron chi connectivity index (χ0n) is 7.58. The van der Waals surface area contributed by atoms with Crippen molar-refractivity contribution in [3.8, 4) is 0 Å². The molecule has 4 nitrogen and oxygen atoms in total. The molecule has 0 atom stereocenters. The topological polar surface area (TPSA) is 44.1 Å². The number of rotatable bonds is 3. The summed E-state index contributed by atoms with van der Waals surface area (Å²) in [6.07, 6.45) is 2.72. The van der Waals surface area contributed by atoms with Crippen LogP contribution in [0.1, 0.15) is 23.7 Å². The van der Waals surface area contributed by atoms with Gasteiger partial charge in [-0.15, -0.1) is 0 Å². The highest BCUT2D eigenvalue weighted by molar-refractivity contribution is 14.1. The Balaban J connectivity index is 2.89. The second-order valence-electron chi connectivity index (χ2n) is 2.59. The van der Waals surface area contributed by atoms with Crippen molar-refractivity contribution in [2.45, 2.75) is 19.9 Å². The average Bonchev–Trinajstić information content (AvgIpc) is 2.46. The first-order valence-corrected chi connectivity index (χ1v) is 5.08. The molecule has 13 heavy (non-hydrogen) atoms. The Morgan fingerprint density at radius 1 is 1.77 bits per heavy atom. The molecule has 0 amide bonds. The second kappa shape index (κ2) is 4.59. The van der Waals surface area contributed by atoms with Crippen LogP contribution in [0, 0.1) is 3.70 Å². The molecule has 0 saturated carbocycles. The van der Waals surface area contributed by atoms with Crippen LogP contribution in [-0.2, 0) is 11.3 Å². The van der Waals surface area contributed by atoms with E-state index in [9.17, 15) is 4.79 Å². The van der Waals surface area contributed by atoms with Crippen LogP contribution in [0.3, 0.4) is 0 Å². The summed E-state index contributed by atoms with van der Waals surface area (Å²) in [5.41, 5.74) is 0.538. The Labute approximate surface area is 90.4 Å². The molecule has 1 aromatic heterocycles. The van der Waals surface area contributed by atoms with Crippen LogP contribution >= 0.6 is 22.6 Å². The maximum Gasteiger partial charge on any atom is 0.342 e. The fraction of sp³-hybridized carbons (Fsp3) is 0.500. The molecule has 0 aliphatic heterocycles. The van der Waals surface area contributed by atoms with Gasteiger partial charge in [-0.2, -0.15) is 5.10 Å². The Kier molecular flexibility index (Phi) is 3.71. The van der Waals surface area contributed by atoms with Gasteiger partial charge >= 0.3 is 5.97 Å². The quantitative estimate of drug-likeness (QED) is 0.629. The van der Waals surface area contributed by atoms with E-state index >= 15 is 0 Å². The van der Waals surface area contributed by atoms with E-state index in [2.05, 4.69) is 16.8 Å². The monoisotopic (exact) mass is 294 g/mol. The molecule has 0 N–H and O–H groups in total. The number of nitrogens with zero attached hydrogens (tertiary/aromatic N) is 2. The Hall–Kier alpha value is -0.590. The van der Waals surface area contributed by atoms with E-state index in [4.69, 9.17) is 0 Å². The number of carbonyl (C=O) groups excluding carboxylic acids is 1. The van der Waals surface area contributed by atoms with E-state index < -0.39 is 0 Å². The summed E-state index contributed by atoms with van der Waals surface area (Å²) in [5.74, 6) is -0.327. The zero-order chi connectivity index (χ0) is 9.84. The first kappa shape index (κ1) is 10.5. The molecule has 0 unspecified atom stereocenters. The maximum atomic E-state index is 11.2.